The summed E-state index contributed by atoms with van der Waals surface area (Å²) < 4.78 is 65.0. The number of fused-ring (bicyclic) bond motifs is 5. The summed E-state index contributed by atoms with van der Waals surface area (Å²) in [6, 6.07) is 1.58. The number of nitrogens with one attached hydrogen (secondary N) is 1. The van der Waals surface area contributed by atoms with E-state index in [9.17, 15) is 19.1 Å². The zero-order chi connectivity index (χ0) is 31.0. The van der Waals surface area contributed by atoms with Crippen LogP contribution in [0.2, 0.25) is 0 Å². The summed E-state index contributed by atoms with van der Waals surface area (Å²) in [7, 11) is -4.86. The number of ether oxygens (including phenoxy) is 2. The van der Waals surface area contributed by atoms with Gasteiger partial charge in [0.1, 0.15) is 30.5 Å². The first-order valence-electron chi connectivity index (χ1n) is 13.0. The summed E-state index contributed by atoms with van der Waals surface area (Å²) in [4.78, 5) is 48.4. The van der Waals surface area contributed by atoms with Gasteiger partial charge in [0.05, 0.1) is 43.3 Å². The van der Waals surface area contributed by atoms with E-state index >= 15 is 4.39 Å². The summed E-state index contributed by atoms with van der Waals surface area (Å²) in [6.45, 7) is -5.51. The lowest BCUT2D eigenvalue weighted by molar-refractivity contribution is -0.0589. The molecule has 7 N–H and O–H groups in total. The highest BCUT2D eigenvalue weighted by atomic mass is 32.5. The van der Waals surface area contributed by atoms with Crippen LogP contribution in [0.4, 0.5) is 16.0 Å². The van der Waals surface area contributed by atoms with E-state index < -0.39 is 76.2 Å². The fourth-order valence-corrected chi connectivity index (χ4v) is 7.70. The van der Waals surface area contributed by atoms with Crippen molar-refractivity contribution in [1.82, 2.24) is 34.1 Å². The first-order valence-corrected chi connectivity index (χ1v) is 17.0. The molecular weight excluding hydrogens is 651 g/mol. The van der Waals surface area contributed by atoms with Gasteiger partial charge in [-0.05, 0) is 17.9 Å². The van der Waals surface area contributed by atoms with Crippen molar-refractivity contribution in [3.63, 3.8) is 0 Å². The molecule has 9 atom stereocenters. The van der Waals surface area contributed by atoms with Gasteiger partial charge in [-0.2, -0.15) is 10.1 Å². The van der Waals surface area contributed by atoms with Crippen molar-refractivity contribution in [3.8, 4) is 0 Å². The second-order valence-electron chi connectivity index (χ2n) is 10.1. The number of H-pyrrole nitrogens is 1. The minimum Gasteiger partial charge on any atom is -0.396 e. The van der Waals surface area contributed by atoms with Crippen LogP contribution < -0.4 is 17.0 Å². The number of nitrogens with zero attached hydrogens (tertiary/aromatic N) is 6. The number of nitrogen functional groups attached to an aromatic ring is 2. The molecule has 0 radical (unpaired) electrons. The van der Waals surface area contributed by atoms with E-state index in [4.69, 9.17) is 50.8 Å². The van der Waals surface area contributed by atoms with Gasteiger partial charge < -0.3 is 35.3 Å². The summed E-state index contributed by atoms with van der Waals surface area (Å²) >= 11 is 5.20. The normalized spacial score (nSPS) is 36.6. The second-order valence-corrected chi connectivity index (χ2v) is 14.3. The van der Waals surface area contributed by atoms with Gasteiger partial charge in [-0.3, -0.25) is 27.9 Å². The SMILES string of the molecule is Nc1nc2c(ncn2[C@@H]2O[C@@H]3COP(=O)(O)O[C@H]4C[C@H](c5cnc6c(N)ccnn56)O[C@@H]4COP(O)(=S)O[C@@H]2[C@@H]3F)c(=O)[nH]1. The molecule has 19 nitrogen and oxygen atoms in total. The van der Waals surface area contributed by atoms with E-state index in [1.807, 2.05) is 0 Å². The predicted octanol–water partition coefficient (Wildman–Crippen LogP) is 0.227. The Morgan fingerprint density at radius 3 is 2.70 bits per heavy atom. The Morgan fingerprint density at radius 2 is 1.89 bits per heavy atom. The molecule has 0 aliphatic carbocycles. The third-order valence-corrected chi connectivity index (χ3v) is 9.88. The average molecular weight is 675 g/mol. The van der Waals surface area contributed by atoms with Gasteiger partial charge in [-0.15, -0.1) is 0 Å². The second kappa shape index (κ2) is 10.8. The van der Waals surface area contributed by atoms with Crippen LogP contribution in [0.1, 0.15) is 24.4 Å². The van der Waals surface area contributed by atoms with Crippen molar-refractivity contribution >= 4 is 54.8 Å². The smallest absolute Gasteiger partial charge is 0.396 e. The lowest BCUT2D eigenvalue weighted by Crippen LogP contribution is -2.32. The zero-order valence-corrected chi connectivity index (χ0v) is 24.8. The quantitative estimate of drug-likeness (QED) is 0.178. The lowest BCUT2D eigenvalue weighted by Gasteiger charge is -2.27. The number of phosphoric ester groups is 1. The van der Waals surface area contributed by atoms with E-state index in [0.717, 1.165) is 10.9 Å². The minimum atomic E-state index is -4.86. The Hall–Kier alpha value is -2.94. The summed E-state index contributed by atoms with van der Waals surface area (Å²) in [6.07, 6.45) is -5.55. The molecule has 2 bridgehead atoms. The first-order chi connectivity index (χ1) is 20.9. The van der Waals surface area contributed by atoms with Gasteiger partial charge >= 0.3 is 14.5 Å². The van der Waals surface area contributed by atoms with Crippen LogP contribution in [0.3, 0.4) is 0 Å². The molecule has 0 amide bonds. The Morgan fingerprint density at radius 1 is 1.09 bits per heavy atom. The molecule has 23 heteroatoms. The van der Waals surface area contributed by atoms with Crippen LogP contribution in [-0.2, 0) is 43.9 Å². The monoisotopic (exact) mass is 675 g/mol. The Labute approximate surface area is 250 Å². The zero-order valence-electron chi connectivity index (χ0n) is 22.2. The first kappa shape index (κ1) is 29.8. The third-order valence-electron chi connectivity index (χ3n) is 7.31. The Kier molecular flexibility index (Phi) is 7.34. The molecule has 3 fully saturated rings. The molecule has 0 aromatic carbocycles. The molecule has 0 spiro atoms. The molecule has 4 aromatic heterocycles. The number of halogens is 1. The Bertz CT molecular complexity index is 1910. The summed E-state index contributed by atoms with van der Waals surface area (Å²) in [5.74, 6) is -0.250. The molecule has 2 unspecified atom stereocenters. The molecule has 0 saturated carbocycles. The maximum absolute atomic E-state index is 15.8. The van der Waals surface area contributed by atoms with Gasteiger partial charge in [-0.25, -0.2) is 23.4 Å². The predicted molar refractivity (Wildman–Crippen MR) is 149 cm³/mol. The number of hydrogen-bond donors (Lipinski definition) is 5. The van der Waals surface area contributed by atoms with Gasteiger partial charge in [0.15, 0.2) is 29.2 Å². The fourth-order valence-electron chi connectivity index (χ4n) is 5.33. The van der Waals surface area contributed by atoms with E-state index in [-0.39, 0.29) is 23.5 Å². The molecular formula is C21H24FN9O10P2S. The van der Waals surface area contributed by atoms with Gasteiger partial charge in [0, 0.05) is 6.42 Å². The van der Waals surface area contributed by atoms with Crippen LogP contribution >= 0.6 is 14.5 Å². The molecule has 3 aliphatic heterocycles. The number of alkyl halides is 1. The van der Waals surface area contributed by atoms with E-state index in [2.05, 4.69) is 25.0 Å². The van der Waals surface area contributed by atoms with Crippen LogP contribution in [0.5, 0.6) is 0 Å². The van der Waals surface area contributed by atoms with Crippen molar-refractivity contribution in [2.75, 3.05) is 24.7 Å². The number of hydrogen-bond acceptors (Lipinski definition) is 15. The van der Waals surface area contributed by atoms with Crippen molar-refractivity contribution in [3.05, 3.63) is 40.8 Å². The minimum absolute atomic E-state index is 0.0146. The number of imidazole rings is 2. The highest BCUT2D eigenvalue weighted by Crippen LogP contribution is 2.54. The number of anilines is 2. The standard InChI is InChI=1S/C21H24FN9O10P2S/c22-14-13-6-36-42(33,34)40-11-3-10(9-4-25-17-8(23)1-2-27-31(9)17)38-12(11)5-37-43(35,44)41-16(14)20(39-13)30-7-26-15-18(30)28-21(24)29-19(15)32/h1-2,4,7,10-14,16,20H,3,5-6,23H2,(H,33,34)(H,35,44)(H3,24,28,29,32)/t10-,11+,12-,13-,14-,16-,20-,43?/m1/s1. The van der Waals surface area contributed by atoms with Crippen molar-refractivity contribution in [1.29, 1.82) is 0 Å². The van der Waals surface area contributed by atoms with Gasteiger partial charge in [-0.1, -0.05) is 0 Å². The maximum atomic E-state index is 15.8. The molecule has 7 rings (SSSR count). The van der Waals surface area contributed by atoms with Crippen LogP contribution in [0.15, 0.2) is 29.6 Å². The number of nitrogens with two attached hydrogens (primary N) is 2. The fraction of sp³-hybridized carbons (Fsp3) is 0.476. The topological polar surface area (TPSA) is 259 Å². The maximum Gasteiger partial charge on any atom is 0.472 e. The van der Waals surface area contributed by atoms with E-state index in [1.165, 1.54) is 16.9 Å². The van der Waals surface area contributed by atoms with Crippen LogP contribution in [0.25, 0.3) is 16.8 Å². The summed E-state index contributed by atoms with van der Waals surface area (Å²) in [5.41, 5.74) is 12.0. The molecule has 4 aromatic rings. The highest BCUT2D eigenvalue weighted by molar-refractivity contribution is 8.07. The number of phosphoric acid groups is 1. The molecule has 3 aliphatic rings. The average Bonchev–Trinajstić information content (AvgIpc) is 3.72. The van der Waals surface area contributed by atoms with Gasteiger partial charge in [0.2, 0.25) is 5.95 Å². The molecule has 236 valence electrons. The molecule has 44 heavy (non-hydrogen) atoms. The van der Waals surface area contributed by atoms with Crippen LogP contribution in [-0.4, -0.2) is 87.7 Å². The summed E-state index contributed by atoms with van der Waals surface area (Å²) in [5, 5.41) is 4.24. The highest BCUT2D eigenvalue weighted by Gasteiger charge is 2.52. The third kappa shape index (κ3) is 5.33. The van der Waals surface area contributed by atoms with Crippen molar-refractivity contribution < 1.29 is 46.3 Å². The van der Waals surface area contributed by atoms with Gasteiger partial charge in [0.25, 0.3) is 5.56 Å². The van der Waals surface area contributed by atoms with E-state index in [0.29, 0.717) is 17.0 Å². The molecule has 3 saturated heterocycles. The number of aromatic amines is 1. The molecule has 7 heterocycles. The number of rotatable bonds is 2. The lowest BCUT2D eigenvalue weighted by atomic mass is 10.1. The van der Waals surface area contributed by atoms with Crippen molar-refractivity contribution in [2.45, 2.75) is 49.3 Å². The largest absolute Gasteiger partial charge is 0.472 e. The van der Waals surface area contributed by atoms with E-state index in [1.54, 1.807) is 6.07 Å². The van der Waals surface area contributed by atoms with Crippen molar-refractivity contribution in [2.24, 2.45) is 0 Å². The van der Waals surface area contributed by atoms with Crippen LogP contribution in [0, 0.1) is 0 Å². The Balaban J connectivity index is 1.19. The number of aromatic nitrogens is 7.